The Morgan fingerprint density at radius 2 is 1.83 bits per heavy atom. The number of rotatable bonds is 8. The summed E-state index contributed by atoms with van der Waals surface area (Å²) in [6.45, 7) is 0. The molecule has 0 heterocycles. The van der Waals surface area contributed by atoms with Crippen molar-refractivity contribution in [1.82, 2.24) is 4.31 Å². The molecule has 0 amide bonds. The van der Waals surface area contributed by atoms with Crippen molar-refractivity contribution in [3.63, 3.8) is 0 Å². The van der Waals surface area contributed by atoms with E-state index in [1.165, 1.54) is 44.1 Å². The molecule has 0 bridgehead atoms. The van der Waals surface area contributed by atoms with Crippen LogP contribution in [0.3, 0.4) is 0 Å². The summed E-state index contributed by atoms with van der Waals surface area (Å²) in [6, 6.07) is 10.8. The van der Waals surface area contributed by atoms with E-state index in [0.29, 0.717) is 11.1 Å². The van der Waals surface area contributed by atoms with Crippen molar-refractivity contribution in [2.75, 3.05) is 14.1 Å². The quantitative estimate of drug-likeness (QED) is 0.193. The summed E-state index contributed by atoms with van der Waals surface area (Å²) in [5, 5.41) is 14.9. The van der Waals surface area contributed by atoms with Crippen molar-refractivity contribution < 1.29 is 12.8 Å². The maximum atomic E-state index is 13.7. The Balaban J connectivity index is 2.48. The molecular formula is C18H22FN5O2S4. The minimum Gasteiger partial charge on any atom is -0.379 e. The predicted octanol–water partition coefficient (Wildman–Crippen LogP) is 3.62. The summed E-state index contributed by atoms with van der Waals surface area (Å²) in [6.07, 6.45) is 0. The Labute approximate surface area is 188 Å². The molecule has 6 N–H and O–H groups in total. The minimum atomic E-state index is -3.64. The average molecular weight is 488 g/mol. The van der Waals surface area contributed by atoms with Gasteiger partial charge in [-0.1, -0.05) is 35.7 Å². The summed E-state index contributed by atoms with van der Waals surface area (Å²) in [4.78, 5) is 0.849. The number of thioether (sulfide) groups is 3. The van der Waals surface area contributed by atoms with E-state index in [2.05, 4.69) is 0 Å². The fourth-order valence-electron chi connectivity index (χ4n) is 2.35. The van der Waals surface area contributed by atoms with E-state index >= 15 is 0 Å². The highest BCUT2D eigenvalue weighted by Crippen LogP contribution is 2.45. The lowest BCUT2D eigenvalue weighted by Gasteiger charge is -2.19. The molecule has 1 atom stereocenters. The Kier molecular flexibility index (Phi) is 8.62. The highest BCUT2D eigenvalue weighted by atomic mass is 32.2. The van der Waals surface area contributed by atoms with Crippen molar-refractivity contribution >= 4 is 55.6 Å². The molecule has 0 aromatic heterocycles. The lowest BCUT2D eigenvalue weighted by Crippen LogP contribution is -2.22. The molecule has 0 radical (unpaired) electrons. The zero-order valence-corrected chi connectivity index (χ0v) is 19.5. The molecule has 1 unspecified atom stereocenters. The fourth-order valence-corrected chi connectivity index (χ4v) is 6.22. The number of nitrogens with one attached hydrogen (secondary N) is 2. The first kappa shape index (κ1) is 24.5. The third-order valence-electron chi connectivity index (χ3n) is 3.78. The van der Waals surface area contributed by atoms with E-state index < -0.39 is 20.4 Å². The number of nitrogens with zero attached hydrogens (tertiary/aromatic N) is 1. The maximum Gasteiger partial charge on any atom is 0.242 e. The lowest BCUT2D eigenvalue weighted by atomic mass is 10.2. The zero-order valence-electron chi connectivity index (χ0n) is 16.3. The van der Waals surface area contributed by atoms with Crippen LogP contribution < -0.4 is 11.5 Å². The van der Waals surface area contributed by atoms with E-state index in [1.54, 1.807) is 24.3 Å². The van der Waals surface area contributed by atoms with Crippen LogP contribution in [0.25, 0.3) is 0 Å². The number of benzene rings is 2. The molecule has 2 aromatic carbocycles. The van der Waals surface area contributed by atoms with Crippen molar-refractivity contribution in [2.24, 2.45) is 11.5 Å². The molecule has 0 saturated heterocycles. The van der Waals surface area contributed by atoms with Crippen molar-refractivity contribution in [1.29, 1.82) is 10.8 Å². The average Bonchev–Trinajstić information content (AvgIpc) is 2.65. The number of nitrogens with two attached hydrogens (primary N) is 2. The van der Waals surface area contributed by atoms with Gasteiger partial charge in [0.1, 0.15) is 5.82 Å². The van der Waals surface area contributed by atoms with Crippen LogP contribution in [0.2, 0.25) is 0 Å². The smallest absolute Gasteiger partial charge is 0.242 e. The fraction of sp³-hybridized carbons (Fsp3) is 0.222. The largest absolute Gasteiger partial charge is 0.379 e. The summed E-state index contributed by atoms with van der Waals surface area (Å²) in [7, 11) is -0.739. The molecule has 2 aromatic rings. The van der Waals surface area contributed by atoms with Gasteiger partial charge in [0.2, 0.25) is 10.0 Å². The van der Waals surface area contributed by atoms with E-state index in [9.17, 15) is 12.8 Å². The molecule has 12 heteroatoms. The highest BCUT2D eigenvalue weighted by molar-refractivity contribution is 8.24. The molecule has 2 rings (SSSR count). The van der Waals surface area contributed by atoms with E-state index in [4.69, 9.17) is 22.3 Å². The van der Waals surface area contributed by atoms with Crippen LogP contribution >= 0.6 is 35.3 Å². The Morgan fingerprint density at radius 1 is 1.13 bits per heavy atom. The van der Waals surface area contributed by atoms with Crippen molar-refractivity contribution in [3.05, 3.63) is 59.4 Å². The normalized spacial score (nSPS) is 12.7. The number of hydrogen-bond donors (Lipinski definition) is 4. The van der Waals surface area contributed by atoms with Crippen LogP contribution in [-0.2, 0) is 15.8 Å². The second-order valence-electron chi connectivity index (χ2n) is 6.20. The van der Waals surface area contributed by atoms with Gasteiger partial charge >= 0.3 is 0 Å². The number of halogens is 1. The third-order valence-corrected chi connectivity index (χ3v) is 8.82. The number of sulfonamides is 1. The standard InChI is InChI=1S/C18H22FN5O2S4/c1-24(2)30(25,26)14-6-7-15(12(9-14)10-27-17(20)21)28-16(29-18(22)23)11-4-3-5-13(19)8-11/h3-9,16H,10H2,1-2H3,(H3,20,21)(H3,22,23). The van der Waals surface area contributed by atoms with Gasteiger partial charge in [-0.15, -0.1) is 11.8 Å². The lowest BCUT2D eigenvalue weighted by molar-refractivity contribution is 0.520. The van der Waals surface area contributed by atoms with E-state index in [-0.39, 0.29) is 21.0 Å². The topological polar surface area (TPSA) is 137 Å². The number of hydrogen-bond acceptors (Lipinski definition) is 7. The van der Waals surface area contributed by atoms with Gasteiger partial charge in [0.25, 0.3) is 0 Å². The van der Waals surface area contributed by atoms with Crippen LogP contribution in [0.15, 0.2) is 52.3 Å². The van der Waals surface area contributed by atoms with Gasteiger partial charge in [-0.3, -0.25) is 10.8 Å². The molecule has 0 spiro atoms. The van der Waals surface area contributed by atoms with Crippen molar-refractivity contribution in [3.8, 4) is 0 Å². The van der Waals surface area contributed by atoms with Crippen LogP contribution in [-0.4, -0.2) is 37.2 Å². The number of amidine groups is 2. The Bertz CT molecular complexity index is 1050. The highest BCUT2D eigenvalue weighted by Gasteiger charge is 2.22. The van der Waals surface area contributed by atoms with Gasteiger partial charge in [-0.25, -0.2) is 17.1 Å². The second kappa shape index (κ2) is 10.5. The van der Waals surface area contributed by atoms with Gasteiger partial charge < -0.3 is 11.5 Å². The zero-order chi connectivity index (χ0) is 22.5. The molecule has 30 heavy (non-hydrogen) atoms. The maximum absolute atomic E-state index is 13.7. The van der Waals surface area contributed by atoms with Crippen LogP contribution in [0.5, 0.6) is 0 Å². The van der Waals surface area contributed by atoms with Crippen molar-refractivity contribution in [2.45, 2.75) is 20.1 Å². The minimum absolute atomic E-state index is 0.0911. The molecule has 7 nitrogen and oxygen atoms in total. The first-order valence-electron chi connectivity index (χ1n) is 8.45. The summed E-state index contributed by atoms with van der Waals surface area (Å²) in [5.74, 6) is -0.114. The SMILES string of the molecule is CN(C)S(=O)(=O)c1ccc(SC(SC(=N)N)c2cccc(F)c2)c(CSC(=N)N)c1. The molecular weight excluding hydrogens is 465 g/mol. The first-order valence-corrected chi connectivity index (χ1v) is 12.6. The second-order valence-corrected chi connectivity index (χ2v) is 12.0. The third kappa shape index (κ3) is 6.64. The van der Waals surface area contributed by atoms with Gasteiger partial charge in [-0.05, 0) is 41.5 Å². The predicted molar refractivity (Wildman–Crippen MR) is 125 cm³/mol. The van der Waals surface area contributed by atoms with Crippen LogP contribution in [0.4, 0.5) is 4.39 Å². The first-order chi connectivity index (χ1) is 14.0. The molecule has 0 aliphatic rings. The molecule has 162 valence electrons. The van der Waals surface area contributed by atoms with Gasteiger partial charge in [-0.2, -0.15) is 0 Å². The monoisotopic (exact) mass is 487 g/mol. The van der Waals surface area contributed by atoms with E-state index in [1.807, 2.05) is 0 Å². The molecule has 0 aliphatic carbocycles. The summed E-state index contributed by atoms with van der Waals surface area (Å²) < 4.78 is 39.5. The van der Waals surface area contributed by atoms with Crippen LogP contribution in [0, 0.1) is 16.6 Å². The Hall–Kier alpha value is -1.73. The van der Waals surface area contributed by atoms with Gasteiger partial charge in [0, 0.05) is 24.7 Å². The van der Waals surface area contributed by atoms with E-state index in [0.717, 1.165) is 32.7 Å². The molecule has 0 aliphatic heterocycles. The molecule has 0 fully saturated rings. The summed E-state index contributed by atoms with van der Waals surface area (Å²) >= 11 is 3.46. The Morgan fingerprint density at radius 3 is 2.40 bits per heavy atom. The van der Waals surface area contributed by atoms with Gasteiger partial charge in [0.05, 0.1) is 9.48 Å². The molecule has 0 saturated carbocycles. The van der Waals surface area contributed by atoms with Crippen LogP contribution in [0.1, 0.15) is 15.7 Å². The van der Waals surface area contributed by atoms with Gasteiger partial charge in [0.15, 0.2) is 10.3 Å². The summed E-state index contributed by atoms with van der Waals surface area (Å²) in [5.41, 5.74) is 12.3.